The zero-order valence-corrected chi connectivity index (χ0v) is 15.2. The van der Waals surface area contributed by atoms with Gasteiger partial charge in [-0.2, -0.15) is 0 Å². The van der Waals surface area contributed by atoms with E-state index < -0.39 is 17.4 Å². The zero-order valence-electron chi connectivity index (χ0n) is 14.5. The fourth-order valence-electron chi connectivity index (χ4n) is 2.67. The number of hydrogen-bond acceptors (Lipinski definition) is 5. The van der Waals surface area contributed by atoms with Crippen molar-refractivity contribution in [3.8, 4) is 5.75 Å². The number of nitrogens with one attached hydrogen (secondary N) is 1. The molecule has 1 N–H and O–H groups in total. The van der Waals surface area contributed by atoms with Crippen LogP contribution in [0, 0.1) is 0 Å². The lowest BCUT2D eigenvalue weighted by Crippen LogP contribution is -2.34. The molecule has 3 aromatic rings. The molecule has 27 heavy (non-hydrogen) atoms. The molecule has 1 amide bonds. The van der Waals surface area contributed by atoms with Crippen LogP contribution in [0.5, 0.6) is 5.75 Å². The van der Waals surface area contributed by atoms with Crippen LogP contribution in [0.4, 0.5) is 0 Å². The van der Waals surface area contributed by atoms with Crippen LogP contribution in [0.3, 0.4) is 0 Å². The van der Waals surface area contributed by atoms with E-state index in [9.17, 15) is 14.4 Å². The Kier molecular flexibility index (Phi) is 5.14. The second-order valence-corrected chi connectivity index (χ2v) is 5.98. The standard InChI is InChI=1S/C19H15ClN2O5/c1-26-16-8-7-11(20)9-14(16)17(23)21-22-10-15(19(25)27-2)12-5-3-4-6-13(12)18(22)24/h3-10H,1-2H3,(H,21,23). The molecular formula is C19H15ClN2O5. The summed E-state index contributed by atoms with van der Waals surface area (Å²) in [4.78, 5) is 37.5. The van der Waals surface area contributed by atoms with Crippen LogP contribution in [-0.2, 0) is 4.74 Å². The number of pyridine rings is 1. The molecule has 0 unspecified atom stereocenters. The van der Waals surface area contributed by atoms with Gasteiger partial charge in [-0.15, -0.1) is 0 Å². The average molecular weight is 387 g/mol. The van der Waals surface area contributed by atoms with Crippen molar-refractivity contribution in [2.24, 2.45) is 0 Å². The summed E-state index contributed by atoms with van der Waals surface area (Å²) in [6.45, 7) is 0. The van der Waals surface area contributed by atoms with Gasteiger partial charge >= 0.3 is 5.97 Å². The summed E-state index contributed by atoms with van der Waals surface area (Å²) >= 11 is 5.95. The molecule has 3 rings (SSSR count). The van der Waals surface area contributed by atoms with Gasteiger partial charge in [0.1, 0.15) is 5.75 Å². The van der Waals surface area contributed by atoms with Gasteiger partial charge < -0.3 is 9.47 Å². The minimum absolute atomic E-state index is 0.143. The van der Waals surface area contributed by atoms with Gasteiger partial charge in [-0.05, 0) is 24.3 Å². The molecule has 1 aromatic heterocycles. The first-order valence-electron chi connectivity index (χ1n) is 7.84. The van der Waals surface area contributed by atoms with Gasteiger partial charge in [-0.3, -0.25) is 15.0 Å². The number of ether oxygens (including phenoxy) is 2. The molecule has 0 spiro atoms. The second-order valence-electron chi connectivity index (χ2n) is 5.54. The first kappa shape index (κ1) is 18.5. The summed E-state index contributed by atoms with van der Waals surface area (Å²) < 4.78 is 10.9. The molecule has 138 valence electrons. The van der Waals surface area contributed by atoms with Gasteiger partial charge in [0.15, 0.2) is 0 Å². The Morgan fingerprint density at radius 1 is 1.04 bits per heavy atom. The molecule has 0 saturated carbocycles. The number of fused-ring (bicyclic) bond motifs is 1. The van der Waals surface area contributed by atoms with Gasteiger partial charge in [0.05, 0.1) is 25.3 Å². The topological polar surface area (TPSA) is 86.6 Å². The van der Waals surface area contributed by atoms with Gasteiger partial charge in [0, 0.05) is 22.0 Å². The van der Waals surface area contributed by atoms with Crippen molar-refractivity contribution in [1.82, 2.24) is 4.68 Å². The lowest BCUT2D eigenvalue weighted by molar-refractivity contribution is 0.0601. The summed E-state index contributed by atoms with van der Waals surface area (Å²) in [6, 6.07) is 11.1. The number of rotatable bonds is 4. The third-order valence-electron chi connectivity index (χ3n) is 3.96. The van der Waals surface area contributed by atoms with Crippen molar-refractivity contribution in [3.63, 3.8) is 0 Å². The normalized spacial score (nSPS) is 10.5. The first-order valence-corrected chi connectivity index (χ1v) is 8.21. The molecule has 7 nitrogen and oxygen atoms in total. The maximum atomic E-state index is 12.7. The molecule has 0 aliphatic rings. The van der Waals surface area contributed by atoms with Crippen molar-refractivity contribution in [2.75, 3.05) is 19.6 Å². The van der Waals surface area contributed by atoms with E-state index in [1.54, 1.807) is 36.4 Å². The van der Waals surface area contributed by atoms with Crippen LogP contribution in [0.25, 0.3) is 10.8 Å². The number of benzene rings is 2. The molecule has 2 aromatic carbocycles. The zero-order chi connectivity index (χ0) is 19.6. The van der Waals surface area contributed by atoms with Crippen molar-refractivity contribution < 1.29 is 19.1 Å². The Balaban J connectivity index is 2.11. The Bertz CT molecular complexity index is 1110. The highest BCUT2D eigenvalue weighted by Gasteiger charge is 2.18. The van der Waals surface area contributed by atoms with Crippen LogP contribution in [0.1, 0.15) is 20.7 Å². The molecule has 0 atom stereocenters. The Labute approximate surface area is 159 Å². The van der Waals surface area contributed by atoms with Crippen LogP contribution in [0.2, 0.25) is 5.02 Å². The largest absolute Gasteiger partial charge is 0.496 e. The molecule has 1 heterocycles. The van der Waals surface area contributed by atoms with E-state index in [0.29, 0.717) is 16.2 Å². The minimum Gasteiger partial charge on any atom is -0.496 e. The second kappa shape index (κ2) is 7.51. The molecular weight excluding hydrogens is 372 g/mol. The van der Waals surface area contributed by atoms with Crippen LogP contribution < -0.4 is 15.7 Å². The van der Waals surface area contributed by atoms with Crippen molar-refractivity contribution in [2.45, 2.75) is 0 Å². The van der Waals surface area contributed by atoms with Crippen molar-refractivity contribution >= 4 is 34.2 Å². The number of esters is 1. The number of aromatic nitrogens is 1. The smallest absolute Gasteiger partial charge is 0.340 e. The average Bonchev–Trinajstić information content (AvgIpc) is 2.69. The maximum absolute atomic E-state index is 12.7. The van der Waals surface area contributed by atoms with E-state index in [1.165, 1.54) is 26.5 Å². The van der Waals surface area contributed by atoms with Crippen molar-refractivity contribution in [1.29, 1.82) is 0 Å². The number of methoxy groups -OCH3 is 2. The van der Waals surface area contributed by atoms with E-state index in [1.807, 2.05) is 0 Å². The third-order valence-corrected chi connectivity index (χ3v) is 4.19. The fourth-order valence-corrected chi connectivity index (χ4v) is 2.85. The monoisotopic (exact) mass is 386 g/mol. The van der Waals surface area contributed by atoms with Gasteiger partial charge in [-0.1, -0.05) is 29.8 Å². The summed E-state index contributed by atoms with van der Waals surface area (Å²) in [7, 11) is 2.65. The van der Waals surface area contributed by atoms with E-state index >= 15 is 0 Å². The molecule has 0 aliphatic heterocycles. The Morgan fingerprint density at radius 2 is 1.74 bits per heavy atom. The number of carbonyl (C=O) groups is 2. The minimum atomic E-state index is -0.630. The highest BCUT2D eigenvalue weighted by Crippen LogP contribution is 2.23. The highest BCUT2D eigenvalue weighted by molar-refractivity contribution is 6.31. The fraction of sp³-hybridized carbons (Fsp3) is 0.105. The van der Waals surface area contributed by atoms with Crippen LogP contribution in [-0.4, -0.2) is 30.8 Å². The highest BCUT2D eigenvalue weighted by atomic mass is 35.5. The van der Waals surface area contributed by atoms with Gasteiger partial charge in [-0.25, -0.2) is 9.47 Å². The van der Waals surface area contributed by atoms with E-state index in [2.05, 4.69) is 5.43 Å². The summed E-state index contributed by atoms with van der Waals surface area (Å²) in [6.07, 6.45) is 1.23. The predicted octanol–water partition coefficient (Wildman–Crippen LogP) is 2.83. The number of nitrogens with zero attached hydrogens (tertiary/aromatic N) is 1. The van der Waals surface area contributed by atoms with E-state index in [-0.39, 0.29) is 16.5 Å². The predicted molar refractivity (Wildman–Crippen MR) is 101 cm³/mol. The van der Waals surface area contributed by atoms with Crippen molar-refractivity contribution in [3.05, 3.63) is 75.2 Å². The molecule has 0 fully saturated rings. The lowest BCUT2D eigenvalue weighted by atomic mass is 10.1. The number of halogens is 1. The number of hydrogen-bond donors (Lipinski definition) is 1. The summed E-state index contributed by atoms with van der Waals surface area (Å²) in [5.41, 5.74) is 2.25. The molecule has 0 aliphatic carbocycles. The van der Waals surface area contributed by atoms with Crippen LogP contribution >= 0.6 is 11.6 Å². The first-order chi connectivity index (χ1) is 13.0. The Hall–Kier alpha value is -3.32. The summed E-state index contributed by atoms with van der Waals surface area (Å²) in [5, 5.41) is 1.03. The van der Waals surface area contributed by atoms with Crippen LogP contribution in [0.15, 0.2) is 53.5 Å². The van der Waals surface area contributed by atoms with E-state index in [0.717, 1.165) is 4.68 Å². The molecule has 0 bridgehead atoms. The lowest BCUT2D eigenvalue weighted by Gasteiger charge is -2.14. The molecule has 8 heteroatoms. The summed E-state index contributed by atoms with van der Waals surface area (Å²) in [5.74, 6) is -0.962. The third kappa shape index (κ3) is 3.50. The maximum Gasteiger partial charge on any atom is 0.340 e. The SMILES string of the molecule is COC(=O)c1cn(NC(=O)c2cc(Cl)ccc2OC)c(=O)c2ccccc12. The quantitative estimate of drug-likeness (QED) is 0.697. The molecule has 0 radical (unpaired) electrons. The molecule has 0 saturated heterocycles. The number of amides is 1. The van der Waals surface area contributed by atoms with Gasteiger partial charge in [0.2, 0.25) is 0 Å². The number of carbonyl (C=O) groups excluding carboxylic acids is 2. The van der Waals surface area contributed by atoms with Gasteiger partial charge in [0.25, 0.3) is 11.5 Å². The van der Waals surface area contributed by atoms with E-state index in [4.69, 9.17) is 21.1 Å². The Morgan fingerprint density at radius 3 is 2.41 bits per heavy atom.